The molecule has 0 heterocycles. The van der Waals surface area contributed by atoms with Gasteiger partial charge in [-0.3, -0.25) is 0 Å². The third-order valence-electron chi connectivity index (χ3n) is 0. The van der Waals surface area contributed by atoms with Gasteiger partial charge in [-0.2, -0.15) is 0 Å². The number of hydrogen-bond donors (Lipinski definition) is 0. The first-order valence-electron chi connectivity index (χ1n) is 0.408. The Hall–Kier alpha value is 0.931. The van der Waals surface area contributed by atoms with Crippen molar-refractivity contribution in [2.45, 2.75) is 0 Å². The van der Waals surface area contributed by atoms with Gasteiger partial charge in [0.1, 0.15) is 0 Å². The van der Waals surface area contributed by atoms with Gasteiger partial charge < -0.3 is 0 Å². The van der Waals surface area contributed by atoms with Gasteiger partial charge in [0.05, 0.1) is 0 Å². The van der Waals surface area contributed by atoms with Gasteiger partial charge in [-0.25, -0.2) is 0 Å². The van der Waals surface area contributed by atoms with E-state index in [1.807, 2.05) is 0 Å². The van der Waals surface area contributed by atoms with E-state index in [1.54, 1.807) is 0 Å². The summed E-state index contributed by atoms with van der Waals surface area (Å²) in [5.41, 5.74) is 0. The molecule has 2 nitrogen and oxygen atoms in total. The molecule has 22 valence electrons. The Labute approximate surface area is 44.7 Å². The van der Waals surface area contributed by atoms with Crippen molar-refractivity contribution in [2.24, 2.45) is 0 Å². The molecule has 0 spiro atoms. The first-order valence-corrected chi connectivity index (χ1v) is 2.74. The fraction of sp³-hybridized carbons (Fsp3) is 0. The summed E-state index contributed by atoms with van der Waals surface area (Å²) in [6, 6.07) is 0. The summed E-state index contributed by atoms with van der Waals surface area (Å²) in [4.78, 5) is 0. The summed E-state index contributed by atoms with van der Waals surface area (Å²) in [6.07, 6.45) is 0. The standard InChI is InChI=1S/Al.2O.Sn.3H. The summed E-state index contributed by atoms with van der Waals surface area (Å²) >= 11 is -2.27. The van der Waals surface area contributed by atoms with E-state index in [1.165, 1.54) is 0 Å². The summed E-state index contributed by atoms with van der Waals surface area (Å²) in [5.74, 6) is 0. The van der Waals surface area contributed by atoms with Gasteiger partial charge in [-0.1, -0.05) is 0 Å². The molecule has 0 N–H and O–H groups in total. The van der Waals surface area contributed by atoms with Crippen LogP contribution in [-0.4, -0.2) is 38.5 Å². The first kappa shape index (κ1) is 8.87. The van der Waals surface area contributed by atoms with E-state index in [9.17, 15) is 0 Å². The molecule has 0 aromatic heterocycles. The molecule has 0 radical (unpaired) electrons. The van der Waals surface area contributed by atoms with Crippen LogP contribution >= 0.6 is 0 Å². The molecule has 0 saturated heterocycles. The van der Waals surface area contributed by atoms with Crippen molar-refractivity contribution in [2.75, 3.05) is 0 Å². The second kappa shape index (κ2) is 9.06. The van der Waals surface area contributed by atoms with Crippen molar-refractivity contribution < 1.29 is 6.15 Å². The van der Waals surface area contributed by atoms with Gasteiger partial charge >= 0.3 is 27.3 Å². The Balaban J connectivity index is 0. The van der Waals surface area contributed by atoms with Gasteiger partial charge in [-0.05, 0) is 0 Å². The van der Waals surface area contributed by atoms with E-state index in [4.69, 9.17) is 6.15 Å². The molecule has 0 aliphatic rings. The number of rotatable bonds is 0. The molecule has 4 heavy (non-hydrogen) atoms. The zero-order valence-electron chi connectivity index (χ0n) is 1.32. The van der Waals surface area contributed by atoms with Crippen LogP contribution in [0, 0.1) is 0 Å². The molecule has 0 unspecified atom stereocenters. The minimum atomic E-state index is -2.27. The predicted octanol–water partition coefficient (Wildman–Crippen LogP) is -1.80. The zero-order chi connectivity index (χ0) is 2.71. The van der Waals surface area contributed by atoms with Crippen LogP contribution < -0.4 is 0 Å². The van der Waals surface area contributed by atoms with Gasteiger partial charge in [0.15, 0.2) is 17.4 Å². The monoisotopic (exact) mass is 182 g/mol. The number of hydrogen-bond acceptors (Lipinski definition) is 2. The average molecular weight is 181 g/mol. The fourth-order valence-electron chi connectivity index (χ4n) is 0. The molecular formula is H3AlO2Sn. The molecule has 0 amide bonds. The minimum absolute atomic E-state index is 0. The summed E-state index contributed by atoms with van der Waals surface area (Å²) < 4.78 is 17.1. The Morgan fingerprint density at radius 1 is 1.25 bits per heavy atom. The van der Waals surface area contributed by atoms with Gasteiger partial charge in [0.25, 0.3) is 0 Å². The average Bonchev–Trinajstić information content (AvgIpc) is 0.918. The van der Waals surface area contributed by atoms with Crippen LogP contribution in [0.2, 0.25) is 0 Å². The maximum atomic E-state index is 8.54. The van der Waals surface area contributed by atoms with Gasteiger partial charge in [-0.15, -0.1) is 0 Å². The first-order chi connectivity index (χ1) is 1.41. The molecule has 0 atom stereocenters. The summed E-state index contributed by atoms with van der Waals surface area (Å²) in [7, 11) is 0. The Kier molecular flexibility index (Phi) is 20.1. The summed E-state index contributed by atoms with van der Waals surface area (Å²) in [6.45, 7) is 0. The SMILES string of the molecule is [AlH3].[O]=[Sn]=[O]. The van der Waals surface area contributed by atoms with E-state index in [2.05, 4.69) is 0 Å². The van der Waals surface area contributed by atoms with Crippen LogP contribution in [0.15, 0.2) is 0 Å². The Morgan fingerprint density at radius 2 is 1.25 bits per heavy atom. The van der Waals surface area contributed by atoms with Crippen LogP contribution in [0.25, 0.3) is 0 Å². The van der Waals surface area contributed by atoms with Crippen LogP contribution in [0.4, 0.5) is 0 Å². The van der Waals surface area contributed by atoms with Crippen molar-refractivity contribution in [1.29, 1.82) is 0 Å². The Morgan fingerprint density at radius 3 is 1.25 bits per heavy atom. The van der Waals surface area contributed by atoms with Crippen molar-refractivity contribution in [3.8, 4) is 0 Å². The van der Waals surface area contributed by atoms with Crippen molar-refractivity contribution in [3.05, 3.63) is 0 Å². The third kappa shape index (κ3) is 12.6. The van der Waals surface area contributed by atoms with Gasteiger partial charge in [0.2, 0.25) is 0 Å². The van der Waals surface area contributed by atoms with Crippen molar-refractivity contribution >= 4 is 38.5 Å². The van der Waals surface area contributed by atoms with E-state index in [0.717, 1.165) is 0 Å². The van der Waals surface area contributed by atoms with E-state index in [-0.39, 0.29) is 17.4 Å². The normalized spacial score (nSPS) is 2.00. The summed E-state index contributed by atoms with van der Waals surface area (Å²) in [5, 5.41) is 0. The van der Waals surface area contributed by atoms with Crippen molar-refractivity contribution in [1.82, 2.24) is 0 Å². The van der Waals surface area contributed by atoms with Crippen LogP contribution in [-0.2, 0) is 6.15 Å². The third-order valence-corrected chi connectivity index (χ3v) is 0. The van der Waals surface area contributed by atoms with E-state index >= 15 is 0 Å². The van der Waals surface area contributed by atoms with Crippen LogP contribution in [0.1, 0.15) is 0 Å². The van der Waals surface area contributed by atoms with E-state index < -0.39 is 21.1 Å². The second-order valence-corrected chi connectivity index (χ2v) is 0.559. The Bertz CT molecular complexity index is 27.0. The molecule has 0 aromatic carbocycles. The quantitative estimate of drug-likeness (QED) is 0.413. The van der Waals surface area contributed by atoms with Crippen molar-refractivity contribution in [3.63, 3.8) is 0 Å². The van der Waals surface area contributed by atoms with E-state index in [0.29, 0.717) is 0 Å². The molecule has 0 fully saturated rings. The van der Waals surface area contributed by atoms with Gasteiger partial charge in [0, 0.05) is 0 Å². The second-order valence-electron chi connectivity index (χ2n) is 0.0833. The molecule has 0 aliphatic carbocycles. The fourth-order valence-corrected chi connectivity index (χ4v) is 0. The molecule has 0 aromatic rings. The maximum absolute atomic E-state index is 8.54. The molecule has 0 rings (SSSR count). The molecule has 4 heteroatoms. The molecule has 0 aliphatic heterocycles. The molecule has 0 bridgehead atoms. The topological polar surface area (TPSA) is 34.1 Å². The molecule has 0 saturated carbocycles. The molecular weight excluding hydrogens is 178 g/mol. The van der Waals surface area contributed by atoms with Crippen LogP contribution in [0.3, 0.4) is 0 Å². The predicted molar refractivity (Wildman–Crippen MR) is 17.1 cm³/mol. The van der Waals surface area contributed by atoms with Crippen LogP contribution in [0.5, 0.6) is 0 Å². The zero-order valence-corrected chi connectivity index (χ0v) is 4.17.